The third-order valence-electron chi connectivity index (χ3n) is 4.09. The lowest BCUT2D eigenvalue weighted by Gasteiger charge is -2.23. The summed E-state index contributed by atoms with van der Waals surface area (Å²) in [5.74, 6) is -0.268. The van der Waals surface area contributed by atoms with Crippen molar-refractivity contribution in [3.63, 3.8) is 0 Å². The summed E-state index contributed by atoms with van der Waals surface area (Å²) < 4.78 is 44.9. The van der Waals surface area contributed by atoms with E-state index in [1.54, 1.807) is 26.8 Å². The normalized spacial score (nSPS) is 13.1. The zero-order chi connectivity index (χ0) is 22.2. The molecule has 6 nitrogen and oxygen atoms in total. The van der Waals surface area contributed by atoms with Gasteiger partial charge in [0.05, 0.1) is 12.5 Å². The van der Waals surface area contributed by atoms with Gasteiger partial charge in [0.1, 0.15) is 5.60 Å². The number of unbranched alkanes of at least 4 members (excludes halogenated alkanes) is 1. The van der Waals surface area contributed by atoms with Crippen LogP contribution in [0.4, 0.5) is 19.1 Å². The van der Waals surface area contributed by atoms with Crippen LogP contribution in [-0.4, -0.2) is 27.6 Å². The number of hydrogen-bond donors (Lipinski definition) is 1. The Morgan fingerprint density at radius 3 is 2.45 bits per heavy atom. The Bertz CT molecular complexity index is 722. The highest BCUT2D eigenvalue weighted by molar-refractivity contribution is 5.69. The van der Waals surface area contributed by atoms with Crippen LogP contribution in [0, 0.1) is 17.2 Å². The van der Waals surface area contributed by atoms with Crippen molar-refractivity contribution >= 4 is 11.9 Å². The van der Waals surface area contributed by atoms with E-state index in [1.165, 1.54) is 0 Å². The van der Waals surface area contributed by atoms with Gasteiger partial charge < -0.3 is 10.1 Å². The molecule has 1 atom stereocenters. The Balaban J connectivity index is 2.72. The highest BCUT2D eigenvalue weighted by Gasteiger charge is 2.36. The van der Waals surface area contributed by atoms with Crippen molar-refractivity contribution in [2.45, 2.75) is 84.5 Å². The minimum Gasteiger partial charge on any atom is -0.460 e. The minimum atomic E-state index is -4.66. The fourth-order valence-electron chi connectivity index (χ4n) is 2.70. The van der Waals surface area contributed by atoms with Crippen LogP contribution in [0.25, 0.3) is 0 Å². The third-order valence-corrected chi connectivity index (χ3v) is 4.09. The molecule has 9 heteroatoms. The highest BCUT2D eigenvalue weighted by atomic mass is 19.4. The standard InChI is InChI=1S/C20H29F3N4O2/c1-13(2)15(8-6-7-9-16(28)29-19(3,4)5)26-18-25-12-14(10-11-24)17(27-18)20(21,22)23/h12-13,15H,6-10H2,1-5H3,(H,25,26,27)/t15-/m0/s1. The van der Waals surface area contributed by atoms with E-state index in [4.69, 9.17) is 10.00 Å². The van der Waals surface area contributed by atoms with E-state index in [-0.39, 0.29) is 29.4 Å². The van der Waals surface area contributed by atoms with Crippen LogP contribution < -0.4 is 5.32 Å². The van der Waals surface area contributed by atoms with Crippen LogP contribution in [-0.2, 0) is 22.1 Å². The molecule has 0 aliphatic carbocycles. The van der Waals surface area contributed by atoms with Gasteiger partial charge in [-0.05, 0) is 39.5 Å². The number of alkyl halides is 3. The lowest BCUT2D eigenvalue weighted by Crippen LogP contribution is -2.28. The smallest absolute Gasteiger partial charge is 0.433 e. The average molecular weight is 414 g/mol. The molecule has 0 amide bonds. The van der Waals surface area contributed by atoms with Gasteiger partial charge in [0.25, 0.3) is 0 Å². The number of nitrogens with one attached hydrogen (secondary N) is 1. The number of nitriles is 1. The Labute approximate surface area is 169 Å². The summed E-state index contributed by atoms with van der Waals surface area (Å²) >= 11 is 0. The van der Waals surface area contributed by atoms with Crippen molar-refractivity contribution in [2.75, 3.05) is 5.32 Å². The number of esters is 1. The van der Waals surface area contributed by atoms with Crippen LogP contribution >= 0.6 is 0 Å². The molecule has 1 aromatic rings. The molecule has 1 N–H and O–H groups in total. The largest absolute Gasteiger partial charge is 0.460 e. The molecule has 0 saturated heterocycles. The van der Waals surface area contributed by atoms with E-state index < -0.39 is 23.9 Å². The van der Waals surface area contributed by atoms with Crippen molar-refractivity contribution in [3.05, 3.63) is 17.5 Å². The minimum absolute atomic E-state index is 0.119. The monoisotopic (exact) mass is 414 g/mol. The van der Waals surface area contributed by atoms with Gasteiger partial charge in [0.15, 0.2) is 5.69 Å². The van der Waals surface area contributed by atoms with E-state index in [9.17, 15) is 18.0 Å². The van der Waals surface area contributed by atoms with Crippen molar-refractivity contribution < 1.29 is 22.7 Å². The molecule has 0 aromatic carbocycles. The van der Waals surface area contributed by atoms with Gasteiger partial charge in [0.2, 0.25) is 5.95 Å². The number of rotatable bonds is 9. The van der Waals surface area contributed by atoms with Gasteiger partial charge in [-0.2, -0.15) is 18.4 Å². The number of carbonyl (C=O) groups excluding carboxylic acids is 1. The zero-order valence-corrected chi connectivity index (χ0v) is 17.6. The van der Waals surface area contributed by atoms with Gasteiger partial charge in [0, 0.05) is 24.2 Å². The molecule has 0 bridgehead atoms. The molecule has 0 aliphatic heterocycles. The number of ether oxygens (including phenoxy) is 1. The lowest BCUT2D eigenvalue weighted by molar-refractivity contribution is -0.155. The SMILES string of the molecule is CC(C)[C@H](CCCCC(=O)OC(C)(C)C)Nc1ncc(CC#N)c(C(F)(F)F)n1. The maximum absolute atomic E-state index is 13.2. The van der Waals surface area contributed by atoms with E-state index in [0.29, 0.717) is 25.7 Å². The first-order valence-corrected chi connectivity index (χ1v) is 9.62. The van der Waals surface area contributed by atoms with Crippen molar-refractivity contribution in [1.82, 2.24) is 9.97 Å². The molecular weight excluding hydrogens is 385 g/mol. The van der Waals surface area contributed by atoms with Gasteiger partial charge in [-0.3, -0.25) is 4.79 Å². The molecule has 0 fully saturated rings. The second kappa shape index (κ2) is 10.4. The fraction of sp³-hybridized carbons (Fsp3) is 0.700. The number of aromatic nitrogens is 2. The van der Waals surface area contributed by atoms with Gasteiger partial charge in [-0.25, -0.2) is 9.97 Å². The van der Waals surface area contributed by atoms with Gasteiger partial charge in [-0.15, -0.1) is 0 Å². The molecule has 1 heterocycles. The Morgan fingerprint density at radius 2 is 1.93 bits per heavy atom. The molecule has 0 aliphatic rings. The molecule has 1 aromatic heterocycles. The van der Waals surface area contributed by atoms with Gasteiger partial charge >= 0.3 is 12.1 Å². The molecule has 29 heavy (non-hydrogen) atoms. The maximum Gasteiger partial charge on any atom is 0.433 e. The summed E-state index contributed by atoms with van der Waals surface area (Å²) in [6, 6.07) is 1.54. The van der Waals surface area contributed by atoms with Crippen LogP contribution in [0.1, 0.15) is 71.6 Å². The first kappa shape index (κ1) is 24.7. The van der Waals surface area contributed by atoms with Crippen LogP contribution in [0.5, 0.6) is 0 Å². The number of hydrogen-bond acceptors (Lipinski definition) is 6. The van der Waals surface area contributed by atoms with Crippen molar-refractivity contribution in [2.24, 2.45) is 5.92 Å². The van der Waals surface area contributed by atoms with E-state index in [0.717, 1.165) is 6.20 Å². The number of anilines is 1. The Morgan fingerprint density at radius 1 is 1.28 bits per heavy atom. The molecular formula is C20H29F3N4O2. The molecule has 1 rings (SSSR count). The molecule has 0 radical (unpaired) electrons. The first-order chi connectivity index (χ1) is 13.3. The molecule has 0 unspecified atom stereocenters. The van der Waals surface area contributed by atoms with Crippen LogP contribution in [0.2, 0.25) is 0 Å². The summed E-state index contributed by atoms with van der Waals surface area (Å²) in [4.78, 5) is 19.3. The quantitative estimate of drug-likeness (QED) is 0.457. The summed E-state index contributed by atoms with van der Waals surface area (Å²) in [6.07, 6.45) is -1.77. The second-order valence-electron chi connectivity index (χ2n) is 8.23. The summed E-state index contributed by atoms with van der Waals surface area (Å²) in [6.45, 7) is 9.31. The first-order valence-electron chi connectivity index (χ1n) is 9.62. The van der Waals surface area contributed by atoms with Crippen LogP contribution in [0.15, 0.2) is 6.20 Å². The van der Waals surface area contributed by atoms with E-state index in [2.05, 4.69) is 15.3 Å². The second-order valence-corrected chi connectivity index (χ2v) is 8.23. The zero-order valence-electron chi connectivity index (χ0n) is 17.6. The number of nitrogens with zero attached hydrogens (tertiary/aromatic N) is 3. The van der Waals surface area contributed by atoms with Crippen molar-refractivity contribution in [1.29, 1.82) is 5.26 Å². The number of halogens is 3. The summed E-state index contributed by atoms with van der Waals surface area (Å²) in [5, 5.41) is 11.7. The topological polar surface area (TPSA) is 87.9 Å². The Kier molecular flexibility index (Phi) is 8.86. The summed E-state index contributed by atoms with van der Waals surface area (Å²) in [7, 11) is 0. The predicted molar refractivity (Wildman–Crippen MR) is 103 cm³/mol. The molecule has 0 saturated carbocycles. The van der Waals surface area contributed by atoms with Gasteiger partial charge in [-0.1, -0.05) is 20.3 Å². The van der Waals surface area contributed by atoms with Crippen LogP contribution in [0.3, 0.4) is 0 Å². The average Bonchev–Trinajstić information content (AvgIpc) is 2.56. The van der Waals surface area contributed by atoms with Crippen molar-refractivity contribution in [3.8, 4) is 6.07 Å². The molecule has 0 spiro atoms. The third kappa shape index (κ3) is 9.11. The van der Waals surface area contributed by atoms with E-state index >= 15 is 0 Å². The fourth-order valence-corrected chi connectivity index (χ4v) is 2.70. The van der Waals surface area contributed by atoms with E-state index in [1.807, 2.05) is 13.8 Å². The highest BCUT2D eigenvalue weighted by Crippen LogP contribution is 2.31. The molecule has 162 valence electrons. The maximum atomic E-state index is 13.2. The lowest BCUT2D eigenvalue weighted by atomic mass is 9.98. The number of carbonyl (C=O) groups is 1. The summed E-state index contributed by atoms with van der Waals surface area (Å²) in [5.41, 5.74) is -1.86. The predicted octanol–water partition coefficient (Wildman–Crippen LogP) is 4.90. The Hall–Kier alpha value is -2.37.